The number of phenolic OH excluding ortho intramolecular Hbond substituents is 1. The summed E-state index contributed by atoms with van der Waals surface area (Å²) < 4.78 is 41.0. The molecule has 10 heteroatoms. The van der Waals surface area contributed by atoms with Gasteiger partial charge >= 0.3 is 6.18 Å². The fraction of sp³-hybridized carbons (Fsp3) is 0.409. The molecule has 3 N–H and O–H groups in total. The van der Waals surface area contributed by atoms with Gasteiger partial charge in [0.15, 0.2) is 5.65 Å². The SMILES string of the molecule is Cc1cc(C(F)(F)F)cc(O)c1-c1ccc2c(C(C)N)n(C3CCC(=O)N(C)C3)nc2n1. The first-order chi connectivity index (χ1) is 15.0. The van der Waals surface area contributed by atoms with Crippen molar-refractivity contribution in [3.63, 3.8) is 0 Å². The molecule has 32 heavy (non-hydrogen) atoms. The third-order valence-corrected chi connectivity index (χ3v) is 5.88. The Morgan fingerprint density at radius 3 is 2.59 bits per heavy atom. The molecule has 4 rings (SSSR count). The van der Waals surface area contributed by atoms with Crippen LogP contribution in [0.4, 0.5) is 13.2 Å². The summed E-state index contributed by atoms with van der Waals surface area (Å²) in [6.45, 7) is 3.83. The molecule has 7 nitrogen and oxygen atoms in total. The number of nitrogens with zero attached hydrogens (tertiary/aromatic N) is 4. The van der Waals surface area contributed by atoms with Gasteiger partial charge < -0.3 is 15.7 Å². The molecule has 2 aromatic heterocycles. The van der Waals surface area contributed by atoms with Crippen molar-refractivity contribution >= 4 is 16.9 Å². The highest BCUT2D eigenvalue weighted by molar-refractivity contribution is 5.83. The summed E-state index contributed by atoms with van der Waals surface area (Å²) in [5, 5.41) is 15.7. The molecule has 0 bridgehead atoms. The number of aromatic nitrogens is 3. The minimum atomic E-state index is -4.56. The lowest BCUT2D eigenvalue weighted by Crippen LogP contribution is -2.39. The number of piperidine rings is 1. The van der Waals surface area contributed by atoms with Crippen LogP contribution in [0, 0.1) is 6.92 Å². The fourth-order valence-corrected chi connectivity index (χ4v) is 4.33. The van der Waals surface area contributed by atoms with Crippen molar-refractivity contribution in [2.45, 2.75) is 44.9 Å². The zero-order valence-corrected chi connectivity index (χ0v) is 17.9. The first-order valence-electron chi connectivity index (χ1n) is 10.3. The first-order valence-corrected chi connectivity index (χ1v) is 10.3. The monoisotopic (exact) mass is 447 g/mol. The van der Waals surface area contributed by atoms with Crippen LogP contribution < -0.4 is 5.73 Å². The van der Waals surface area contributed by atoms with Crippen LogP contribution in [0.1, 0.15) is 48.7 Å². The maximum absolute atomic E-state index is 13.1. The predicted molar refractivity (Wildman–Crippen MR) is 113 cm³/mol. The summed E-state index contributed by atoms with van der Waals surface area (Å²) in [6, 6.07) is 4.70. The predicted octanol–water partition coefficient (Wildman–Crippen LogP) is 3.94. The number of nitrogens with two attached hydrogens (primary N) is 1. The Kier molecular flexibility index (Phi) is 5.36. The van der Waals surface area contributed by atoms with Gasteiger partial charge in [0.2, 0.25) is 5.91 Å². The highest BCUT2D eigenvalue weighted by Crippen LogP contribution is 2.39. The first kappa shape index (κ1) is 22.1. The van der Waals surface area contributed by atoms with Crippen LogP contribution in [0.5, 0.6) is 5.75 Å². The summed E-state index contributed by atoms with van der Waals surface area (Å²) in [5.41, 5.74) is 7.27. The molecule has 1 amide bonds. The van der Waals surface area contributed by atoms with E-state index < -0.39 is 17.5 Å². The van der Waals surface area contributed by atoms with Gasteiger partial charge in [-0.1, -0.05) is 0 Å². The number of aryl methyl sites for hydroxylation is 1. The fourth-order valence-electron chi connectivity index (χ4n) is 4.33. The zero-order valence-electron chi connectivity index (χ0n) is 17.9. The van der Waals surface area contributed by atoms with Gasteiger partial charge in [0.1, 0.15) is 5.75 Å². The van der Waals surface area contributed by atoms with E-state index in [9.17, 15) is 23.1 Å². The normalized spacial score (nSPS) is 18.4. The molecule has 0 aliphatic carbocycles. The summed E-state index contributed by atoms with van der Waals surface area (Å²) in [7, 11) is 1.75. The van der Waals surface area contributed by atoms with Crippen LogP contribution in [-0.2, 0) is 11.0 Å². The number of hydrogen-bond acceptors (Lipinski definition) is 5. The van der Waals surface area contributed by atoms with Crippen molar-refractivity contribution in [2.24, 2.45) is 5.73 Å². The third-order valence-electron chi connectivity index (χ3n) is 5.88. The number of aromatic hydroxyl groups is 1. The Balaban J connectivity index is 1.81. The number of likely N-dealkylation sites (N-methyl/N-ethyl adjacent to an activating group) is 1. The average molecular weight is 447 g/mol. The molecular formula is C22H24F3N5O2. The Bertz CT molecular complexity index is 1180. The highest BCUT2D eigenvalue weighted by Gasteiger charge is 2.32. The van der Waals surface area contributed by atoms with Crippen LogP contribution in [0.3, 0.4) is 0 Å². The van der Waals surface area contributed by atoms with Crippen LogP contribution in [-0.4, -0.2) is 44.3 Å². The molecule has 0 spiro atoms. The number of benzene rings is 1. The second-order valence-corrected chi connectivity index (χ2v) is 8.34. The number of carbonyl (C=O) groups excluding carboxylic acids is 1. The van der Waals surface area contributed by atoms with Crippen molar-refractivity contribution in [1.29, 1.82) is 0 Å². The Morgan fingerprint density at radius 2 is 2.00 bits per heavy atom. The number of alkyl halides is 3. The van der Waals surface area contributed by atoms with Crippen molar-refractivity contribution in [2.75, 3.05) is 13.6 Å². The van der Waals surface area contributed by atoms with E-state index in [4.69, 9.17) is 5.73 Å². The van der Waals surface area contributed by atoms with Gasteiger partial charge in [0.05, 0.1) is 23.0 Å². The Hall–Kier alpha value is -3.14. The van der Waals surface area contributed by atoms with Gasteiger partial charge in [0, 0.05) is 37.0 Å². The van der Waals surface area contributed by atoms with Gasteiger partial charge in [-0.2, -0.15) is 18.3 Å². The number of pyridine rings is 1. The van der Waals surface area contributed by atoms with Gasteiger partial charge in [-0.3, -0.25) is 9.48 Å². The number of fused-ring (bicyclic) bond motifs is 1. The molecule has 3 aromatic rings. The molecule has 0 saturated carbocycles. The largest absolute Gasteiger partial charge is 0.507 e. The summed E-state index contributed by atoms with van der Waals surface area (Å²) in [6.07, 6.45) is -3.52. The molecule has 2 unspecified atom stereocenters. The number of likely N-dealkylation sites (tertiary alicyclic amines) is 1. The number of halogens is 3. The topological polar surface area (TPSA) is 97.3 Å². The molecule has 3 heterocycles. The number of hydrogen-bond donors (Lipinski definition) is 2. The molecule has 1 aliphatic heterocycles. The summed E-state index contributed by atoms with van der Waals surface area (Å²) >= 11 is 0. The van der Waals surface area contributed by atoms with E-state index in [0.717, 1.165) is 17.1 Å². The maximum atomic E-state index is 13.1. The molecule has 1 aromatic carbocycles. The van der Waals surface area contributed by atoms with Crippen molar-refractivity contribution in [3.8, 4) is 17.0 Å². The van der Waals surface area contributed by atoms with Crippen molar-refractivity contribution in [1.82, 2.24) is 19.7 Å². The smallest absolute Gasteiger partial charge is 0.416 e. The van der Waals surface area contributed by atoms with E-state index in [1.807, 2.05) is 11.6 Å². The number of rotatable bonds is 3. The van der Waals surface area contributed by atoms with E-state index in [1.165, 1.54) is 6.92 Å². The maximum Gasteiger partial charge on any atom is 0.416 e. The van der Waals surface area contributed by atoms with Gasteiger partial charge in [-0.15, -0.1) is 0 Å². The summed E-state index contributed by atoms with van der Waals surface area (Å²) in [4.78, 5) is 18.1. The number of phenols is 1. The quantitative estimate of drug-likeness (QED) is 0.634. The molecule has 1 saturated heterocycles. The van der Waals surface area contributed by atoms with Crippen molar-refractivity contribution in [3.05, 3.63) is 41.1 Å². The molecule has 1 fully saturated rings. The Morgan fingerprint density at radius 1 is 1.28 bits per heavy atom. The van der Waals surface area contributed by atoms with Gasteiger partial charge in [-0.05, 0) is 50.1 Å². The highest BCUT2D eigenvalue weighted by atomic mass is 19.4. The molecule has 170 valence electrons. The van der Waals surface area contributed by atoms with Gasteiger partial charge in [-0.25, -0.2) is 4.98 Å². The molecular weight excluding hydrogens is 423 g/mol. The lowest BCUT2D eigenvalue weighted by atomic mass is 9.99. The number of amides is 1. The second kappa shape index (κ2) is 7.77. The van der Waals surface area contributed by atoms with Crippen LogP contribution >= 0.6 is 0 Å². The third kappa shape index (κ3) is 3.79. The Labute approximate surface area is 182 Å². The lowest BCUT2D eigenvalue weighted by Gasteiger charge is -2.31. The second-order valence-electron chi connectivity index (χ2n) is 8.34. The van der Waals surface area contributed by atoms with Gasteiger partial charge in [0.25, 0.3) is 0 Å². The average Bonchev–Trinajstić information content (AvgIpc) is 3.08. The zero-order chi connectivity index (χ0) is 23.4. The van der Waals surface area contributed by atoms with Crippen molar-refractivity contribution < 1.29 is 23.1 Å². The standard InChI is InChI=1S/C22H24F3N5O2/c1-11-8-13(22(23,24)25)9-17(31)19(11)16-6-5-15-20(12(2)26)30(28-21(15)27-16)14-4-7-18(32)29(3)10-14/h5-6,8-9,12,14,31H,4,7,10,26H2,1-3H3. The van der Waals surface area contributed by atoms with E-state index in [0.29, 0.717) is 36.8 Å². The minimum absolute atomic E-state index is 0.0578. The minimum Gasteiger partial charge on any atom is -0.507 e. The lowest BCUT2D eigenvalue weighted by molar-refractivity contribution is -0.137. The van der Waals surface area contributed by atoms with E-state index in [-0.39, 0.29) is 29.1 Å². The molecule has 2 atom stereocenters. The van der Waals surface area contributed by atoms with Crippen LogP contribution in [0.2, 0.25) is 0 Å². The number of carbonyl (C=O) groups is 1. The van der Waals surface area contributed by atoms with E-state index in [2.05, 4.69) is 10.1 Å². The van der Waals surface area contributed by atoms with E-state index in [1.54, 1.807) is 24.1 Å². The van der Waals surface area contributed by atoms with Crippen LogP contribution in [0.25, 0.3) is 22.3 Å². The molecule has 0 radical (unpaired) electrons. The van der Waals surface area contributed by atoms with Crippen LogP contribution in [0.15, 0.2) is 24.3 Å². The molecule has 1 aliphatic rings. The van der Waals surface area contributed by atoms with E-state index >= 15 is 0 Å². The summed E-state index contributed by atoms with van der Waals surface area (Å²) in [5.74, 6) is -0.419.